The smallest absolute Gasteiger partial charge is 0.362 e. The first-order valence-electron chi connectivity index (χ1n) is 5.26. The number of aliphatic hydroxyl groups excluding tert-OH is 2. The van der Waals surface area contributed by atoms with E-state index in [2.05, 4.69) is 4.98 Å². The fraction of sp³-hybridized carbons (Fsp3) is 0.400. The Morgan fingerprint density at radius 1 is 1.63 bits per heavy atom. The predicted octanol–water partition coefficient (Wildman–Crippen LogP) is 0.140. The van der Waals surface area contributed by atoms with Gasteiger partial charge in [0.2, 0.25) is 5.76 Å². The monoisotopic (exact) mass is 275 g/mol. The molecule has 2 rings (SSSR count). The fourth-order valence-corrected chi connectivity index (χ4v) is 1.66. The van der Waals surface area contributed by atoms with Crippen LogP contribution in [-0.4, -0.2) is 31.8 Å². The maximum Gasteiger partial charge on any atom is 0.362 e. The SMILES string of the molecule is CC(O)C1=C(O)C(F)(F)[C@H](n2ccc(N)nc2=O)O1. The van der Waals surface area contributed by atoms with Gasteiger partial charge in [-0.05, 0) is 13.0 Å². The highest BCUT2D eigenvalue weighted by Crippen LogP contribution is 2.44. The maximum atomic E-state index is 13.8. The van der Waals surface area contributed by atoms with Gasteiger partial charge in [-0.2, -0.15) is 13.8 Å². The van der Waals surface area contributed by atoms with Crippen LogP contribution in [0.5, 0.6) is 0 Å². The summed E-state index contributed by atoms with van der Waals surface area (Å²) in [6.07, 6.45) is -2.58. The molecule has 9 heteroatoms. The molecule has 0 bridgehead atoms. The molecule has 0 aromatic carbocycles. The van der Waals surface area contributed by atoms with Crippen molar-refractivity contribution in [1.82, 2.24) is 9.55 Å². The summed E-state index contributed by atoms with van der Waals surface area (Å²) in [5.41, 5.74) is 4.19. The summed E-state index contributed by atoms with van der Waals surface area (Å²) >= 11 is 0. The summed E-state index contributed by atoms with van der Waals surface area (Å²) in [7, 11) is 0. The second-order valence-electron chi connectivity index (χ2n) is 4.02. The van der Waals surface area contributed by atoms with Crippen molar-refractivity contribution in [3.8, 4) is 0 Å². The first kappa shape index (κ1) is 13.3. The van der Waals surface area contributed by atoms with E-state index in [1.165, 1.54) is 0 Å². The van der Waals surface area contributed by atoms with Crippen molar-refractivity contribution in [3.05, 3.63) is 34.3 Å². The normalized spacial score (nSPS) is 23.3. The van der Waals surface area contributed by atoms with Crippen molar-refractivity contribution in [2.75, 3.05) is 5.73 Å². The number of nitrogens with zero attached hydrogens (tertiary/aromatic N) is 2. The number of nitrogen functional groups attached to an aromatic ring is 1. The standard InChI is InChI=1S/C10H11F2N3O4/c1-4(16)6-7(17)10(11,12)8(19-6)15-3-2-5(13)14-9(15)18/h2-4,8,16-17H,1H3,(H2,13,14,18)/t4?,8-/m1/s1. The lowest BCUT2D eigenvalue weighted by molar-refractivity contribution is -0.119. The molecule has 0 amide bonds. The zero-order valence-electron chi connectivity index (χ0n) is 9.75. The highest BCUT2D eigenvalue weighted by Gasteiger charge is 2.56. The molecular weight excluding hydrogens is 264 g/mol. The molecule has 0 saturated carbocycles. The van der Waals surface area contributed by atoms with Crippen LogP contribution in [0.3, 0.4) is 0 Å². The van der Waals surface area contributed by atoms with Gasteiger partial charge in [-0.1, -0.05) is 0 Å². The predicted molar refractivity (Wildman–Crippen MR) is 59.3 cm³/mol. The molecule has 2 heterocycles. The zero-order valence-corrected chi connectivity index (χ0v) is 9.75. The first-order chi connectivity index (χ1) is 8.75. The third-order valence-electron chi connectivity index (χ3n) is 2.58. The third kappa shape index (κ3) is 2.01. The van der Waals surface area contributed by atoms with Gasteiger partial charge in [0.25, 0.3) is 6.23 Å². The number of alkyl halides is 2. The van der Waals surface area contributed by atoms with E-state index in [9.17, 15) is 23.8 Å². The Hall–Kier alpha value is -2.16. The Labute approximate surface area is 105 Å². The van der Waals surface area contributed by atoms with E-state index < -0.39 is 35.5 Å². The molecule has 1 aliphatic rings. The summed E-state index contributed by atoms with van der Waals surface area (Å²) in [6, 6.07) is 1.14. The van der Waals surface area contributed by atoms with Crippen molar-refractivity contribution < 1.29 is 23.7 Å². The average molecular weight is 275 g/mol. The van der Waals surface area contributed by atoms with Gasteiger partial charge in [0, 0.05) is 6.20 Å². The van der Waals surface area contributed by atoms with Crippen LogP contribution in [0, 0.1) is 0 Å². The second kappa shape index (κ2) is 4.19. The maximum absolute atomic E-state index is 13.8. The van der Waals surface area contributed by atoms with Crippen LogP contribution in [0.15, 0.2) is 28.6 Å². The average Bonchev–Trinajstić information content (AvgIpc) is 2.52. The lowest BCUT2D eigenvalue weighted by Gasteiger charge is -2.20. The van der Waals surface area contributed by atoms with Gasteiger partial charge < -0.3 is 20.7 Å². The van der Waals surface area contributed by atoms with Crippen LogP contribution in [0.2, 0.25) is 0 Å². The van der Waals surface area contributed by atoms with Gasteiger partial charge in [-0.3, -0.25) is 4.57 Å². The molecular formula is C10H11F2N3O4. The second-order valence-corrected chi connectivity index (χ2v) is 4.02. The van der Waals surface area contributed by atoms with Crippen LogP contribution in [0.4, 0.5) is 14.6 Å². The number of hydrogen-bond donors (Lipinski definition) is 3. The molecule has 1 aromatic rings. The summed E-state index contributed by atoms with van der Waals surface area (Å²) in [6.45, 7) is 1.15. The fourth-order valence-electron chi connectivity index (χ4n) is 1.66. The Bertz CT molecular complexity index is 597. The molecule has 1 unspecified atom stereocenters. The van der Waals surface area contributed by atoms with Crippen molar-refractivity contribution in [3.63, 3.8) is 0 Å². The van der Waals surface area contributed by atoms with Crippen LogP contribution >= 0.6 is 0 Å². The minimum Gasteiger partial charge on any atom is -0.504 e. The molecule has 2 atom stereocenters. The van der Waals surface area contributed by atoms with Crippen molar-refractivity contribution in [1.29, 1.82) is 0 Å². The zero-order chi connectivity index (χ0) is 14.4. The van der Waals surface area contributed by atoms with Gasteiger partial charge in [0.05, 0.1) is 0 Å². The largest absolute Gasteiger partial charge is 0.504 e. The van der Waals surface area contributed by atoms with Crippen LogP contribution < -0.4 is 11.4 Å². The molecule has 1 aliphatic heterocycles. The van der Waals surface area contributed by atoms with Crippen molar-refractivity contribution >= 4 is 5.82 Å². The van der Waals surface area contributed by atoms with E-state index in [1.807, 2.05) is 0 Å². The Morgan fingerprint density at radius 2 is 2.26 bits per heavy atom. The molecule has 0 aliphatic carbocycles. The molecule has 1 aromatic heterocycles. The molecule has 0 radical (unpaired) electrons. The summed E-state index contributed by atoms with van der Waals surface area (Å²) in [5.74, 6) is -6.07. The van der Waals surface area contributed by atoms with E-state index in [0.29, 0.717) is 4.57 Å². The number of anilines is 1. The van der Waals surface area contributed by atoms with Gasteiger partial charge in [-0.25, -0.2) is 4.79 Å². The molecule has 4 N–H and O–H groups in total. The minimum absolute atomic E-state index is 0.129. The number of rotatable bonds is 2. The van der Waals surface area contributed by atoms with E-state index in [-0.39, 0.29) is 5.82 Å². The number of aliphatic hydroxyl groups is 2. The quantitative estimate of drug-likeness (QED) is 0.708. The summed E-state index contributed by atoms with van der Waals surface area (Å²) < 4.78 is 32.9. The number of aromatic nitrogens is 2. The Kier molecular flexibility index (Phi) is 2.93. The van der Waals surface area contributed by atoms with Crippen molar-refractivity contribution in [2.45, 2.75) is 25.2 Å². The van der Waals surface area contributed by atoms with E-state index >= 15 is 0 Å². The van der Waals surface area contributed by atoms with Gasteiger partial charge in [0.15, 0.2) is 5.76 Å². The van der Waals surface area contributed by atoms with Gasteiger partial charge in [0.1, 0.15) is 11.9 Å². The minimum atomic E-state index is -3.85. The highest BCUT2D eigenvalue weighted by molar-refractivity contribution is 5.25. The lowest BCUT2D eigenvalue weighted by Crippen LogP contribution is -2.37. The van der Waals surface area contributed by atoms with Gasteiger partial charge in [-0.15, -0.1) is 0 Å². The topological polar surface area (TPSA) is 111 Å². The lowest BCUT2D eigenvalue weighted by atomic mass is 10.2. The molecule has 7 nitrogen and oxygen atoms in total. The van der Waals surface area contributed by atoms with Crippen LogP contribution in [0.25, 0.3) is 0 Å². The Balaban J connectivity index is 2.47. The van der Waals surface area contributed by atoms with E-state index in [4.69, 9.17) is 10.5 Å². The van der Waals surface area contributed by atoms with Gasteiger partial charge >= 0.3 is 11.6 Å². The third-order valence-corrected chi connectivity index (χ3v) is 2.58. The number of halogens is 2. The molecule has 0 fully saturated rings. The van der Waals surface area contributed by atoms with E-state index in [0.717, 1.165) is 19.2 Å². The number of ether oxygens (including phenoxy) is 1. The molecule has 19 heavy (non-hydrogen) atoms. The molecule has 0 spiro atoms. The molecule has 104 valence electrons. The highest BCUT2D eigenvalue weighted by atomic mass is 19.3. The van der Waals surface area contributed by atoms with E-state index in [1.54, 1.807) is 0 Å². The Morgan fingerprint density at radius 3 is 2.74 bits per heavy atom. The number of hydrogen-bond acceptors (Lipinski definition) is 6. The van der Waals surface area contributed by atoms with Crippen LogP contribution in [-0.2, 0) is 4.74 Å². The number of nitrogens with two attached hydrogens (primary N) is 1. The summed E-state index contributed by atoms with van der Waals surface area (Å²) in [4.78, 5) is 14.8. The van der Waals surface area contributed by atoms with Crippen LogP contribution in [0.1, 0.15) is 13.2 Å². The molecule has 0 saturated heterocycles. The first-order valence-corrected chi connectivity index (χ1v) is 5.26. The summed E-state index contributed by atoms with van der Waals surface area (Å²) in [5, 5.41) is 18.6. The van der Waals surface area contributed by atoms with Crippen molar-refractivity contribution in [2.24, 2.45) is 0 Å².